The molecular formula is C32H16F6N2S. The second-order valence-electron chi connectivity index (χ2n) is 9.65. The maximum absolute atomic E-state index is 14.2. The van der Waals surface area contributed by atoms with E-state index < -0.39 is 23.5 Å². The molecular weight excluding hydrogens is 558 g/mol. The molecule has 9 heteroatoms. The van der Waals surface area contributed by atoms with E-state index >= 15 is 0 Å². The van der Waals surface area contributed by atoms with Gasteiger partial charge in [0.2, 0.25) is 0 Å². The molecule has 0 aliphatic heterocycles. The summed E-state index contributed by atoms with van der Waals surface area (Å²) in [6.45, 7) is 0. The molecule has 4 aromatic carbocycles. The van der Waals surface area contributed by atoms with Crippen LogP contribution in [-0.4, -0.2) is 9.97 Å². The molecule has 7 rings (SSSR count). The molecule has 2 nitrogen and oxygen atoms in total. The topological polar surface area (TPSA) is 25.8 Å². The zero-order chi connectivity index (χ0) is 28.5. The van der Waals surface area contributed by atoms with Crippen LogP contribution in [0.5, 0.6) is 0 Å². The van der Waals surface area contributed by atoms with Crippen LogP contribution in [0.4, 0.5) is 26.3 Å². The molecule has 0 saturated heterocycles. The molecule has 0 N–H and O–H groups in total. The molecule has 0 atom stereocenters. The number of thiophene rings is 1. The normalized spacial score (nSPS) is 12.6. The first-order chi connectivity index (χ1) is 19.6. The van der Waals surface area contributed by atoms with Crippen LogP contribution in [-0.2, 0) is 12.4 Å². The van der Waals surface area contributed by atoms with Gasteiger partial charge in [0.05, 0.1) is 27.9 Å². The van der Waals surface area contributed by atoms with Crippen molar-refractivity contribution in [2.75, 3.05) is 0 Å². The third-order valence-electron chi connectivity index (χ3n) is 7.19. The first-order valence-electron chi connectivity index (χ1n) is 12.5. The Morgan fingerprint density at radius 1 is 0.512 bits per heavy atom. The molecule has 41 heavy (non-hydrogen) atoms. The average Bonchev–Trinajstić information content (AvgIpc) is 3.33. The van der Waals surface area contributed by atoms with E-state index in [0.717, 1.165) is 57.1 Å². The van der Waals surface area contributed by atoms with Crippen molar-refractivity contribution in [2.45, 2.75) is 12.4 Å². The number of halogens is 6. The predicted molar refractivity (Wildman–Crippen MR) is 151 cm³/mol. The molecule has 0 amide bonds. The molecule has 0 radical (unpaired) electrons. The maximum Gasteiger partial charge on any atom is 0.417 e. The van der Waals surface area contributed by atoms with E-state index in [0.29, 0.717) is 5.56 Å². The number of rotatable bonds is 2. The van der Waals surface area contributed by atoms with E-state index in [9.17, 15) is 26.3 Å². The number of alkyl halides is 6. The molecule has 0 fully saturated rings. The number of pyridine rings is 2. The van der Waals surface area contributed by atoms with E-state index in [1.807, 2.05) is 18.2 Å². The standard InChI is InChI=1S/C32H16F6N2S/c33-31(34,35)24-13-14-39-29-21(24)10-11-22-25(32(36,37)38)16-26(40-30(22)29)18-7-5-17(6-8-18)19-9-12-28-23(15-19)20-3-1-2-4-27(20)41-28/h1-16H. The molecule has 0 saturated carbocycles. The lowest BCUT2D eigenvalue weighted by Gasteiger charge is -2.15. The minimum absolute atomic E-state index is 0.0117. The van der Waals surface area contributed by atoms with Gasteiger partial charge in [0.1, 0.15) is 0 Å². The highest BCUT2D eigenvalue weighted by Crippen LogP contribution is 2.42. The van der Waals surface area contributed by atoms with Crippen LogP contribution in [0.3, 0.4) is 0 Å². The van der Waals surface area contributed by atoms with Gasteiger partial charge in [-0.15, -0.1) is 11.3 Å². The third-order valence-corrected chi connectivity index (χ3v) is 8.34. The van der Waals surface area contributed by atoms with Gasteiger partial charge in [0.25, 0.3) is 0 Å². The number of aromatic nitrogens is 2. The maximum atomic E-state index is 14.2. The zero-order valence-corrected chi connectivity index (χ0v) is 21.6. The Morgan fingerprint density at radius 2 is 1.15 bits per heavy atom. The summed E-state index contributed by atoms with van der Waals surface area (Å²) in [7, 11) is 0. The summed E-state index contributed by atoms with van der Waals surface area (Å²) in [5.74, 6) is 0. The summed E-state index contributed by atoms with van der Waals surface area (Å²) in [4.78, 5) is 8.42. The molecule has 7 aromatic rings. The minimum atomic E-state index is -4.76. The van der Waals surface area contributed by atoms with Gasteiger partial charge in [-0.1, -0.05) is 60.7 Å². The smallest absolute Gasteiger partial charge is 0.254 e. The van der Waals surface area contributed by atoms with Crippen molar-refractivity contribution < 1.29 is 26.3 Å². The number of benzene rings is 4. The van der Waals surface area contributed by atoms with Gasteiger partial charge in [-0.25, -0.2) is 4.98 Å². The third kappa shape index (κ3) is 4.28. The Hall–Kier alpha value is -4.50. The van der Waals surface area contributed by atoms with Gasteiger partial charge in [-0.05, 0) is 41.5 Å². The monoisotopic (exact) mass is 574 g/mol. The van der Waals surface area contributed by atoms with Crippen molar-refractivity contribution in [3.8, 4) is 22.4 Å². The highest BCUT2D eigenvalue weighted by Gasteiger charge is 2.36. The summed E-state index contributed by atoms with van der Waals surface area (Å²) >= 11 is 1.70. The Morgan fingerprint density at radius 3 is 1.88 bits per heavy atom. The Kier molecular flexibility index (Phi) is 5.59. The van der Waals surface area contributed by atoms with E-state index in [2.05, 4.69) is 34.2 Å². The van der Waals surface area contributed by atoms with Crippen LogP contribution in [0.1, 0.15) is 11.1 Å². The first-order valence-corrected chi connectivity index (χ1v) is 13.3. The van der Waals surface area contributed by atoms with Crippen LogP contribution in [0, 0.1) is 0 Å². The fourth-order valence-electron chi connectivity index (χ4n) is 5.27. The van der Waals surface area contributed by atoms with E-state index in [1.54, 1.807) is 35.6 Å². The Balaban J connectivity index is 1.37. The van der Waals surface area contributed by atoms with Crippen LogP contribution < -0.4 is 0 Å². The quantitative estimate of drug-likeness (QED) is 0.152. The number of nitrogens with zero attached hydrogens (tertiary/aromatic N) is 2. The summed E-state index contributed by atoms with van der Waals surface area (Å²) in [5.41, 5.74) is -0.249. The fraction of sp³-hybridized carbons (Fsp3) is 0.0625. The van der Waals surface area contributed by atoms with Crippen molar-refractivity contribution in [1.29, 1.82) is 0 Å². The molecule has 202 valence electrons. The van der Waals surface area contributed by atoms with Gasteiger partial charge >= 0.3 is 12.4 Å². The first kappa shape index (κ1) is 25.5. The summed E-state index contributed by atoms with van der Waals surface area (Å²) in [6.07, 6.45) is -8.52. The Labute approximate surface area is 232 Å². The number of hydrogen-bond donors (Lipinski definition) is 0. The van der Waals surface area contributed by atoms with Crippen LogP contribution in [0.25, 0.3) is 64.4 Å². The summed E-state index contributed by atoms with van der Waals surface area (Å²) in [6, 6.07) is 25.0. The van der Waals surface area contributed by atoms with Gasteiger partial charge in [0.15, 0.2) is 0 Å². The molecule has 0 aliphatic carbocycles. The largest absolute Gasteiger partial charge is 0.417 e. The lowest BCUT2D eigenvalue weighted by atomic mass is 9.98. The van der Waals surface area contributed by atoms with Crippen molar-refractivity contribution in [1.82, 2.24) is 9.97 Å². The second-order valence-corrected chi connectivity index (χ2v) is 10.7. The van der Waals surface area contributed by atoms with Gasteiger partial charge in [-0.2, -0.15) is 26.3 Å². The number of fused-ring (bicyclic) bond motifs is 6. The van der Waals surface area contributed by atoms with Gasteiger partial charge in [0, 0.05) is 42.7 Å². The van der Waals surface area contributed by atoms with Gasteiger partial charge in [-0.3, -0.25) is 4.98 Å². The van der Waals surface area contributed by atoms with Crippen molar-refractivity contribution in [3.05, 3.63) is 108 Å². The summed E-state index contributed by atoms with van der Waals surface area (Å²) in [5, 5.41) is 1.65. The van der Waals surface area contributed by atoms with Gasteiger partial charge < -0.3 is 0 Å². The van der Waals surface area contributed by atoms with E-state index in [1.165, 1.54) is 4.70 Å². The van der Waals surface area contributed by atoms with Crippen LogP contribution in [0.2, 0.25) is 0 Å². The lowest BCUT2D eigenvalue weighted by Crippen LogP contribution is -2.09. The zero-order valence-electron chi connectivity index (χ0n) is 20.8. The fourth-order valence-corrected chi connectivity index (χ4v) is 6.36. The van der Waals surface area contributed by atoms with Crippen molar-refractivity contribution in [2.24, 2.45) is 0 Å². The molecule has 3 heterocycles. The molecule has 0 aliphatic rings. The SMILES string of the molecule is FC(F)(F)c1ccnc2c1ccc1c(C(F)(F)F)cc(-c3ccc(-c4ccc5sc6ccccc6c5c4)cc3)nc12. The van der Waals surface area contributed by atoms with E-state index in [4.69, 9.17) is 0 Å². The van der Waals surface area contributed by atoms with E-state index in [-0.39, 0.29) is 27.5 Å². The highest BCUT2D eigenvalue weighted by atomic mass is 32.1. The second kappa shape index (κ2) is 9.01. The molecule has 0 spiro atoms. The van der Waals surface area contributed by atoms with Crippen molar-refractivity contribution >= 4 is 53.3 Å². The van der Waals surface area contributed by atoms with Crippen LogP contribution >= 0.6 is 11.3 Å². The van der Waals surface area contributed by atoms with Crippen molar-refractivity contribution in [3.63, 3.8) is 0 Å². The average molecular weight is 575 g/mol. The molecule has 0 bridgehead atoms. The lowest BCUT2D eigenvalue weighted by molar-refractivity contribution is -0.137. The minimum Gasteiger partial charge on any atom is -0.254 e. The predicted octanol–water partition coefficient (Wildman–Crippen LogP) is 10.5. The molecule has 0 unspecified atom stereocenters. The Bertz CT molecular complexity index is 2130. The molecule has 3 aromatic heterocycles. The van der Waals surface area contributed by atoms with Crippen LogP contribution in [0.15, 0.2) is 97.2 Å². The highest BCUT2D eigenvalue weighted by molar-refractivity contribution is 7.25. The summed E-state index contributed by atoms with van der Waals surface area (Å²) < 4.78 is 85.7. The number of hydrogen-bond acceptors (Lipinski definition) is 3.